The Hall–Kier alpha value is -2.04. The maximum Gasteiger partial charge on any atom is 0.264 e. The Morgan fingerprint density at radius 1 is 0.967 bits per heavy atom. The molecule has 3 rings (SSSR count). The number of hydrogen-bond donors (Lipinski definition) is 2. The van der Waals surface area contributed by atoms with Crippen LogP contribution in [0.4, 0.5) is 10.8 Å². The highest BCUT2D eigenvalue weighted by Gasteiger charge is 2.12. The number of benzene rings is 2. The van der Waals surface area contributed by atoms with Crippen LogP contribution in [-0.4, -0.2) is 34.4 Å². The van der Waals surface area contributed by atoms with Gasteiger partial charge in [0, 0.05) is 10.7 Å². The minimum atomic E-state index is -0.380. The van der Waals surface area contributed by atoms with Crippen molar-refractivity contribution in [1.82, 2.24) is 10.2 Å². The second-order valence-corrected chi connectivity index (χ2v) is 9.08. The van der Waals surface area contributed by atoms with E-state index in [0.717, 1.165) is 11.3 Å². The monoisotopic (exact) mass is 502 g/mol. The van der Waals surface area contributed by atoms with Crippen LogP contribution >= 0.6 is 57.9 Å². The molecule has 0 aliphatic rings. The first kappa shape index (κ1) is 22.6. The van der Waals surface area contributed by atoms with E-state index in [1.54, 1.807) is 42.5 Å². The lowest BCUT2D eigenvalue weighted by Crippen LogP contribution is -2.20. The molecule has 0 radical (unpaired) electrons. The molecule has 7 nitrogen and oxygen atoms in total. The summed E-state index contributed by atoms with van der Waals surface area (Å²) in [5.41, 5.74) is 0.543. The van der Waals surface area contributed by atoms with Gasteiger partial charge in [-0.1, -0.05) is 57.9 Å². The SMILES string of the molecule is O=C(CSc1nnc(NC(=O)COc2ccc(Cl)cc2)s1)Nc1ccc(Cl)c(Cl)c1. The van der Waals surface area contributed by atoms with Crippen molar-refractivity contribution < 1.29 is 14.3 Å². The predicted octanol–water partition coefficient (Wildman–Crippen LogP) is 5.25. The summed E-state index contributed by atoms with van der Waals surface area (Å²) < 4.78 is 5.90. The second-order valence-electron chi connectivity index (χ2n) is 5.63. The number of hydrogen-bond acceptors (Lipinski definition) is 7. The zero-order chi connectivity index (χ0) is 21.5. The summed E-state index contributed by atoms with van der Waals surface area (Å²) in [4.78, 5) is 24.0. The van der Waals surface area contributed by atoms with Crippen LogP contribution in [0.15, 0.2) is 46.8 Å². The van der Waals surface area contributed by atoms with Crippen LogP contribution in [0, 0.1) is 0 Å². The highest BCUT2D eigenvalue weighted by atomic mass is 35.5. The molecule has 0 atom stereocenters. The number of carbonyl (C=O) groups is 2. The first-order valence-corrected chi connectivity index (χ1v) is 11.2. The Balaban J connectivity index is 1.42. The van der Waals surface area contributed by atoms with E-state index in [-0.39, 0.29) is 24.2 Å². The molecule has 0 saturated heterocycles. The molecular weight excluding hydrogens is 491 g/mol. The molecule has 0 saturated carbocycles. The summed E-state index contributed by atoms with van der Waals surface area (Å²) in [6, 6.07) is 11.5. The molecule has 0 aliphatic heterocycles. The van der Waals surface area contributed by atoms with Gasteiger partial charge in [-0.05, 0) is 42.5 Å². The topological polar surface area (TPSA) is 93.2 Å². The quantitative estimate of drug-likeness (QED) is 0.322. The summed E-state index contributed by atoms with van der Waals surface area (Å²) in [5.74, 6) is 0.0178. The molecule has 0 bridgehead atoms. The maximum absolute atomic E-state index is 12.1. The minimum Gasteiger partial charge on any atom is -0.484 e. The van der Waals surface area contributed by atoms with Gasteiger partial charge in [0.25, 0.3) is 5.91 Å². The predicted molar refractivity (Wildman–Crippen MR) is 121 cm³/mol. The fraction of sp³-hybridized carbons (Fsp3) is 0.111. The molecule has 12 heteroatoms. The van der Waals surface area contributed by atoms with E-state index in [1.807, 2.05) is 0 Å². The molecule has 0 unspecified atom stereocenters. The number of aromatic nitrogens is 2. The smallest absolute Gasteiger partial charge is 0.264 e. The average Bonchev–Trinajstić information content (AvgIpc) is 3.16. The molecule has 0 aliphatic carbocycles. The van der Waals surface area contributed by atoms with Gasteiger partial charge in [0.1, 0.15) is 5.75 Å². The van der Waals surface area contributed by atoms with Crippen LogP contribution in [-0.2, 0) is 9.59 Å². The molecule has 2 N–H and O–H groups in total. The summed E-state index contributed by atoms with van der Waals surface area (Å²) in [5, 5.41) is 14.8. The van der Waals surface area contributed by atoms with Crippen molar-refractivity contribution in [2.24, 2.45) is 0 Å². The number of anilines is 2. The van der Waals surface area contributed by atoms with Crippen molar-refractivity contribution in [3.05, 3.63) is 57.5 Å². The number of rotatable bonds is 8. The molecule has 2 amide bonds. The van der Waals surface area contributed by atoms with Gasteiger partial charge >= 0.3 is 0 Å². The highest BCUT2D eigenvalue weighted by molar-refractivity contribution is 8.01. The molecule has 0 spiro atoms. The van der Waals surface area contributed by atoms with Crippen molar-refractivity contribution in [2.75, 3.05) is 23.0 Å². The molecule has 156 valence electrons. The number of ether oxygens (including phenoxy) is 1. The molecule has 2 aromatic carbocycles. The van der Waals surface area contributed by atoms with Gasteiger partial charge < -0.3 is 10.1 Å². The zero-order valence-electron chi connectivity index (χ0n) is 15.0. The minimum absolute atomic E-state index is 0.114. The Bertz CT molecular complexity index is 1050. The van der Waals surface area contributed by atoms with E-state index in [4.69, 9.17) is 39.5 Å². The Morgan fingerprint density at radius 2 is 1.73 bits per heavy atom. The summed E-state index contributed by atoms with van der Waals surface area (Å²) in [6.07, 6.45) is 0. The second kappa shape index (κ2) is 10.8. The Morgan fingerprint density at radius 3 is 2.47 bits per heavy atom. The van der Waals surface area contributed by atoms with Gasteiger partial charge in [-0.3, -0.25) is 14.9 Å². The fourth-order valence-corrected chi connectivity index (χ4v) is 4.04. The van der Waals surface area contributed by atoms with Gasteiger partial charge in [-0.2, -0.15) is 0 Å². The van der Waals surface area contributed by atoms with Crippen molar-refractivity contribution in [3.8, 4) is 5.75 Å². The molecule has 0 fully saturated rings. The van der Waals surface area contributed by atoms with Gasteiger partial charge in [-0.25, -0.2) is 0 Å². The molecule has 1 heterocycles. The van der Waals surface area contributed by atoms with Gasteiger partial charge in [0.2, 0.25) is 11.0 Å². The first-order chi connectivity index (χ1) is 14.4. The van der Waals surface area contributed by atoms with Gasteiger partial charge in [0.05, 0.1) is 15.8 Å². The number of nitrogens with one attached hydrogen (secondary N) is 2. The van der Waals surface area contributed by atoms with Crippen molar-refractivity contribution in [3.63, 3.8) is 0 Å². The van der Waals surface area contributed by atoms with E-state index >= 15 is 0 Å². The van der Waals surface area contributed by atoms with Gasteiger partial charge in [0.15, 0.2) is 10.9 Å². The third-order valence-corrected chi connectivity index (χ3v) is 6.33. The van der Waals surface area contributed by atoms with Crippen LogP contribution in [0.2, 0.25) is 15.1 Å². The van der Waals surface area contributed by atoms with Crippen LogP contribution in [0.1, 0.15) is 0 Å². The normalized spacial score (nSPS) is 10.5. The molecule has 1 aromatic heterocycles. The molecular formula is C18H13Cl3N4O3S2. The number of nitrogens with zero attached hydrogens (tertiary/aromatic N) is 2. The van der Waals surface area contributed by atoms with Crippen LogP contribution in [0.5, 0.6) is 5.75 Å². The standard InChI is InChI=1S/C18H13Cl3N4O3S2/c19-10-1-4-12(5-2-10)28-8-15(26)23-17-24-25-18(30-17)29-9-16(27)22-11-3-6-13(20)14(21)7-11/h1-7H,8-9H2,(H,22,27)(H,23,24,26). The van der Waals surface area contributed by atoms with Gasteiger partial charge in [-0.15, -0.1) is 10.2 Å². The van der Waals surface area contributed by atoms with E-state index in [2.05, 4.69) is 20.8 Å². The lowest BCUT2D eigenvalue weighted by molar-refractivity contribution is -0.118. The largest absolute Gasteiger partial charge is 0.484 e. The summed E-state index contributed by atoms with van der Waals surface area (Å²) >= 11 is 19.9. The lowest BCUT2D eigenvalue weighted by Gasteiger charge is -2.05. The Labute approximate surface area is 195 Å². The maximum atomic E-state index is 12.1. The summed E-state index contributed by atoms with van der Waals surface area (Å²) in [6.45, 7) is -0.185. The fourth-order valence-electron chi connectivity index (χ4n) is 2.05. The molecule has 30 heavy (non-hydrogen) atoms. The third kappa shape index (κ3) is 7.03. The number of amides is 2. The van der Waals surface area contributed by atoms with E-state index in [9.17, 15) is 9.59 Å². The van der Waals surface area contributed by atoms with E-state index in [1.165, 1.54) is 11.8 Å². The lowest BCUT2D eigenvalue weighted by atomic mass is 10.3. The first-order valence-electron chi connectivity index (χ1n) is 8.28. The van der Waals surface area contributed by atoms with Crippen LogP contribution in [0.3, 0.4) is 0 Å². The van der Waals surface area contributed by atoms with Crippen molar-refractivity contribution in [2.45, 2.75) is 4.34 Å². The average molecular weight is 504 g/mol. The van der Waals surface area contributed by atoms with Crippen molar-refractivity contribution in [1.29, 1.82) is 0 Å². The van der Waals surface area contributed by atoms with E-state index in [0.29, 0.717) is 36.0 Å². The van der Waals surface area contributed by atoms with Crippen molar-refractivity contribution >= 4 is 80.5 Å². The number of halogens is 3. The summed E-state index contributed by atoms with van der Waals surface area (Å²) in [7, 11) is 0. The number of carbonyl (C=O) groups excluding carboxylic acids is 2. The van der Waals surface area contributed by atoms with Crippen LogP contribution in [0.25, 0.3) is 0 Å². The molecule has 3 aromatic rings. The Kier molecular flexibility index (Phi) is 8.17. The third-order valence-electron chi connectivity index (χ3n) is 3.37. The van der Waals surface area contributed by atoms with Crippen LogP contribution < -0.4 is 15.4 Å². The highest BCUT2D eigenvalue weighted by Crippen LogP contribution is 2.27. The zero-order valence-corrected chi connectivity index (χ0v) is 18.9. The number of thioether (sulfide) groups is 1. The van der Waals surface area contributed by atoms with E-state index < -0.39 is 0 Å².